The second-order valence-corrected chi connectivity index (χ2v) is 4.37. The van der Waals surface area contributed by atoms with Gasteiger partial charge in [0.2, 0.25) is 0 Å². The number of para-hydroxylation sites is 1. The Morgan fingerprint density at radius 1 is 1.21 bits per heavy atom. The van der Waals surface area contributed by atoms with E-state index in [1.165, 1.54) is 0 Å². The molecule has 0 radical (unpaired) electrons. The molecule has 0 bridgehead atoms. The van der Waals surface area contributed by atoms with Crippen molar-refractivity contribution in [2.24, 2.45) is 4.99 Å². The highest BCUT2D eigenvalue weighted by Gasteiger charge is 2.02. The van der Waals surface area contributed by atoms with Crippen molar-refractivity contribution >= 4 is 16.9 Å². The molecule has 0 atom stereocenters. The lowest BCUT2D eigenvalue weighted by Crippen LogP contribution is -2.37. The molecule has 2 N–H and O–H groups in total. The van der Waals surface area contributed by atoms with Crippen molar-refractivity contribution in [3.8, 4) is 0 Å². The Balaban J connectivity index is 2.05. The fourth-order valence-electron chi connectivity index (χ4n) is 1.86. The first-order chi connectivity index (χ1) is 9.33. The zero-order valence-corrected chi connectivity index (χ0v) is 11.6. The molecule has 0 saturated carbocycles. The summed E-state index contributed by atoms with van der Waals surface area (Å²) in [6, 6.07) is 10.1. The molecule has 102 valence electrons. The van der Waals surface area contributed by atoms with Crippen molar-refractivity contribution in [3.63, 3.8) is 0 Å². The van der Waals surface area contributed by atoms with Gasteiger partial charge in [0.25, 0.3) is 0 Å². The van der Waals surface area contributed by atoms with E-state index in [1.807, 2.05) is 30.3 Å². The average Bonchev–Trinajstić information content (AvgIpc) is 2.84. The highest BCUT2D eigenvalue weighted by Crippen LogP contribution is 2.19. The molecule has 0 unspecified atom stereocenters. The summed E-state index contributed by atoms with van der Waals surface area (Å²) in [6.45, 7) is 6.52. The molecule has 2 rings (SSSR count). The molecular formula is C15H21N3O. The minimum atomic E-state index is 0.549. The minimum Gasteiger partial charge on any atom is -0.459 e. The Bertz CT molecular complexity index is 512. The Hall–Kier alpha value is -1.97. The molecule has 0 saturated heterocycles. The minimum absolute atomic E-state index is 0.549. The molecule has 0 spiro atoms. The zero-order chi connectivity index (χ0) is 13.5. The monoisotopic (exact) mass is 259 g/mol. The van der Waals surface area contributed by atoms with Crippen LogP contribution >= 0.6 is 0 Å². The second kappa shape index (κ2) is 6.83. The maximum absolute atomic E-state index is 5.74. The number of guanidine groups is 1. The van der Waals surface area contributed by atoms with E-state index in [-0.39, 0.29) is 0 Å². The van der Waals surface area contributed by atoms with Crippen molar-refractivity contribution in [1.29, 1.82) is 0 Å². The topological polar surface area (TPSA) is 49.6 Å². The number of benzene rings is 1. The van der Waals surface area contributed by atoms with Gasteiger partial charge in [-0.1, -0.05) is 25.1 Å². The van der Waals surface area contributed by atoms with Crippen LogP contribution in [0.2, 0.25) is 0 Å². The quantitative estimate of drug-likeness (QED) is 0.641. The van der Waals surface area contributed by atoms with Crippen LogP contribution in [0.4, 0.5) is 0 Å². The van der Waals surface area contributed by atoms with Gasteiger partial charge in [-0.15, -0.1) is 0 Å². The molecule has 1 aromatic carbocycles. The zero-order valence-electron chi connectivity index (χ0n) is 11.6. The van der Waals surface area contributed by atoms with Crippen LogP contribution in [0.1, 0.15) is 26.0 Å². The van der Waals surface area contributed by atoms with E-state index >= 15 is 0 Å². The summed E-state index contributed by atoms with van der Waals surface area (Å²) in [5, 5.41) is 7.61. The fraction of sp³-hybridized carbons (Fsp3) is 0.400. The second-order valence-electron chi connectivity index (χ2n) is 4.37. The van der Waals surface area contributed by atoms with Crippen molar-refractivity contribution in [3.05, 3.63) is 36.1 Å². The number of aliphatic imine (C=N–C) groups is 1. The number of hydrogen-bond donors (Lipinski definition) is 2. The van der Waals surface area contributed by atoms with Crippen LogP contribution in [0.5, 0.6) is 0 Å². The number of rotatable bonds is 5. The first-order valence-electron chi connectivity index (χ1n) is 6.83. The van der Waals surface area contributed by atoms with Crippen molar-refractivity contribution < 1.29 is 4.42 Å². The summed E-state index contributed by atoms with van der Waals surface area (Å²) < 4.78 is 5.74. The molecule has 0 amide bonds. The van der Waals surface area contributed by atoms with E-state index in [0.29, 0.717) is 6.54 Å². The normalized spacial score (nSPS) is 11.8. The first kappa shape index (κ1) is 13.5. The van der Waals surface area contributed by atoms with Crippen LogP contribution in [0.15, 0.2) is 39.7 Å². The van der Waals surface area contributed by atoms with Gasteiger partial charge in [-0.2, -0.15) is 0 Å². The summed E-state index contributed by atoms with van der Waals surface area (Å²) in [4.78, 5) is 4.52. The van der Waals surface area contributed by atoms with Gasteiger partial charge in [-0.3, -0.25) is 0 Å². The van der Waals surface area contributed by atoms with E-state index in [1.54, 1.807) is 0 Å². The smallest absolute Gasteiger partial charge is 0.191 e. The standard InChI is InChI=1S/C15H21N3O/c1-3-9-17-15(16-4-2)18-11-13-10-12-7-5-6-8-14(12)19-13/h5-8,10H,3-4,9,11H2,1-2H3,(H2,16,17,18). The van der Waals surface area contributed by atoms with Gasteiger partial charge in [-0.05, 0) is 25.5 Å². The Morgan fingerprint density at radius 2 is 2.05 bits per heavy atom. The van der Waals surface area contributed by atoms with Gasteiger partial charge in [0.15, 0.2) is 5.96 Å². The Kier molecular flexibility index (Phi) is 4.84. The number of nitrogens with zero attached hydrogens (tertiary/aromatic N) is 1. The third-order valence-corrected chi connectivity index (χ3v) is 2.76. The molecule has 1 heterocycles. The molecule has 2 aromatic rings. The molecular weight excluding hydrogens is 238 g/mol. The SMILES string of the molecule is CCCNC(=NCc1cc2ccccc2o1)NCC. The van der Waals surface area contributed by atoms with Gasteiger partial charge in [0, 0.05) is 18.5 Å². The van der Waals surface area contributed by atoms with Crippen LogP contribution < -0.4 is 10.6 Å². The highest BCUT2D eigenvalue weighted by atomic mass is 16.3. The maximum Gasteiger partial charge on any atom is 0.191 e. The van der Waals surface area contributed by atoms with Crippen molar-refractivity contribution in [2.75, 3.05) is 13.1 Å². The van der Waals surface area contributed by atoms with Crippen LogP contribution in [0.3, 0.4) is 0 Å². The molecule has 19 heavy (non-hydrogen) atoms. The number of furan rings is 1. The van der Waals surface area contributed by atoms with Crippen LogP contribution in [-0.2, 0) is 6.54 Å². The van der Waals surface area contributed by atoms with Crippen LogP contribution in [0.25, 0.3) is 11.0 Å². The lowest BCUT2D eigenvalue weighted by molar-refractivity contribution is 0.551. The van der Waals surface area contributed by atoms with Gasteiger partial charge in [0.05, 0.1) is 0 Å². The van der Waals surface area contributed by atoms with E-state index in [9.17, 15) is 0 Å². The molecule has 0 aliphatic carbocycles. The first-order valence-corrected chi connectivity index (χ1v) is 6.83. The number of nitrogens with one attached hydrogen (secondary N) is 2. The summed E-state index contributed by atoms with van der Waals surface area (Å²) in [5.74, 6) is 1.72. The number of fused-ring (bicyclic) bond motifs is 1. The molecule has 1 aromatic heterocycles. The van der Waals surface area contributed by atoms with E-state index in [2.05, 4.69) is 29.5 Å². The fourth-order valence-corrected chi connectivity index (χ4v) is 1.86. The summed E-state index contributed by atoms with van der Waals surface area (Å²) in [6.07, 6.45) is 1.08. The van der Waals surface area contributed by atoms with Gasteiger partial charge < -0.3 is 15.1 Å². The molecule has 0 fully saturated rings. The van der Waals surface area contributed by atoms with E-state index in [0.717, 1.165) is 42.2 Å². The lowest BCUT2D eigenvalue weighted by Gasteiger charge is -2.09. The Labute approximate surface area is 113 Å². The molecule has 0 aliphatic rings. The lowest BCUT2D eigenvalue weighted by atomic mass is 10.2. The van der Waals surface area contributed by atoms with Crippen LogP contribution in [0, 0.1) is 0 Å². The van der Waals surface area contributed by atoms with Gasteiger partial charge in [0.1, 0.15) is 17.9 Å². The maximum atomic E-state index is 5.74. The average molecular weight is 259 g/mol. The van der Waals surface area contributed by atoms with E-state index < -0.39 is 0 Å². The highest BCUT2D eigenvalue weighted by molar-refractivity contribution is 5.80. The van der Waals surface area contributed by atoms with Crippen LogP contribution in [-0.4, -0.2) is 19.0 Å². The summed E-state index contributed by atoms with van der Waals surface area (Å²) in [5.41, 5.74) is 0.916. The Morgan fingerprint density at radius 3 is 2.79 bits per heavy atom. The third kappa shape index (κ3) is 3.74. The molecule has 4 nitrogen and oxygen atoms in total. The largest absolute Gasteiger partial charge is 0.459 e. The van der Waals surface area contributed by atoms with E-state index in [4.69, 9.17) is 4.42 Å². The van der Waals surface area contributed by atoms with Gasteiger partial charge >= 0.3 is 0 Å². The summed E-state index contributed by atoms with van der Waals surface area (Å²) in [7, 11) is 0. The van der Waals surface area contributed by atoms with Crippen molar-refractivity contribution in [2.45, 2.75) is 26.8 Å². The van der Waals surface area contributed by atoms with Gasteiger partial charge in [-0.25, -0.2) is 4.99 Å². The third-order valence-electron chi connectivity index (χ3n) is 2.76. The number of hydrogen-bond acceptors (Lipinski definition) is 2. The summed E-state index contributed by atoms with van der Waals surface area (Å²) >= 11 is 0. The molecule has 0 aliphatic heterocycles. The predicted molar refractivity (Wildman–Crippen MR) is 79.3 cm³/mol. The predicted octanol–water partition coefficient (Wildman–Crippen LogP) is 2.90. The molecule has 4 heteroatoms. The van der Waals surface area contributed by atoms with Crippen molar-refractivity contribution in [1.82, 2.24) is 10.6 Å².